The van der Waals surface area contributed by atoms with Crippen LogP contribution in [-0.2, 0) is 4.74 Å². The van der Waals surface area contributed by atoms with E-state index in [2.05, 4.69) is 30.0 Å². The lowest BCUT2D eigenvalue weighted by molar-refractivity contribution is 0.0486. The van der Waals surface area contributed by atoms with Gasteiger partial charge in [-0.15, -0.1) is 0 Å². The van der Waals surface area contributed by atoms with Gasteiger partial charge in [0.15, 0.2) is 0 Å². The van der Waals surface area contributed by atoms with Crippen molar-refractivity contribution in [3.63, 3.8) is 0 Å². The molecule has 1 saturated heterocycles. The highest BCUT2D eigenvalue weighted by molar-refractivity contribution is 5.68. The number of rotatable bonds is 1. The number of carbonyl (C=O) groups excluding carboxylic acids is 1. The molecule has 0 aromatic carbocycles. The maximum absolute atomic E-state index is 11.5. The Hall–Kier alpha value is -0.810. The van der Waals surface area contributed by atoms with Crippen LogP contribution in [0.1, 0.15) is 34.6 Å². The van der Waals surface area contributed by atoms with Gasteiger partial charge in [0, 0.05) is 12.0 Å². The van der Waals surface area contributed by atoms with Gasteiger partial charge in [0.1, 0.15) is 5.60 Å². The Labute approximate surface area is 90.9 Å². The summed E-state index contributed by atoms with van der Waals surface area (Å²) in [6.07, 6.45) is -0.461. The molecule has 88 valence electrons. The summed E-state index contributed by atoms with van der Waals surface area (Å²) in [4.78, 5) is 11.5. The Balaban J connectivity index is 2.39. The molecule has 1 rings (SSSR count). The zero-order chi connectivity index (χ0) is 11.6. The van der Waals surface area contributed by atoms with Crippen molar-refractivity contribution in [3.05, 3.63) is 0 Å². The summed E-state index contributed by atoms with van der Waals surface area (Å²) in [5.74, 6) is 0.331. The summed E-state index contributed by atoms with van der Waals surface area (Å²) in [6, 6.07) is 0.338. The van der Waals surface area contributed by atoms with Crippen molar-refractivity contribution in [1.82, 2.24) is 16.2 Å². The molecule has 0 radical (unpaired) electrons. The second-order valence-electron chi connectivity index (χ2n) is 5.06. The van der Waals surface area contributed by atoms with Crippen LogP contribution >= 0.6 is 0 Å². The molecule has 0 aromatic heterocycles. The van der Waals surface area contributed by atoms with Gasteiger partial charge in [0.2, 0.25) is 0 Å². The Morgan fingerprint density at radius 1 is 1.27 bits per heavy atom. The second-order valence-corrected chi connectivity index (χ2v) is 5.06. The molecule has 15 heavy (non-hydrogen) atoms. The number of ether oxygens (including phenoxy) is 1. The van der Waals surface area contributed by atoms with Gasteiger partial charge < -0.3 is 10.1 Å². The zero-order valence-electron chi connectivity index (χ0n) is 10.0. The van der Waals surface area contributed by atoms with E-state index in [1.807, 2.05) is 20.8 Å². The molecule has 0 saturated carbocycles. The first kappa shape index (κ1) is 12.3. The molecule has 1 heterocycles. The van der Waals surface area contributed by atoms with Gasteiger partial charge in [-0.25, -0.2) is 10.2 Å². The molecular formula is C10H21N3O2. The van der Waals surface area contributed by atoms with Gasteiger partial charge in [0.25, 0.3) is 0 Å². The smallest absolute Gasteiger partial charge is 0.408 e. The number of amides is 1. The average Bonchev–Trinajstić information content (AvgIpc) is 2.32. The van der Waals surface area contributed by atoms with Gasteiger partial charge in [-0.2, -0.15) is 0 Å². The Kier molecular flexibility index (Phi) is 3.57. The van der Waals surface area contributed by atoms with Crippen LogP contribution in [0.25, 0.3) is 0 Å². The summed E-state index contributed by atoms with van der Waals surface area (Å²) < 4.78 is 5.17. The number of nitrogens with one attached hydrogen (secondary N) is 3. The minimum Gasteiger partial charge on any atom is -0.444 e. The summed E-state index contributed by atoms with van der Waals surface area (Å²) in [5.41, 5.74) is 5.62. The van der Waals surface area contributed by atoms with Crippen LogP contribution in [0.5, 0.6) is 0 Å². The van der Waals surface area contributed by atoms with Crippen LogP contribution in [0, 0.1) is 5.92 Å². The van der Waals surface area contributed by atoms with Gasteiger partial charge in [0.05, 0.1) is 6.17 Å². The van der Waals surface area contributed by atoms with Gasteiger partial charge in [-0.1, -0.05) is 6.92 Å². The normalized spacial score (nSPS) is 31.4. The molecule has 1 aliphatic rings. The van der Waals surface area contributed by atoms with E-state index in [-0.39, 0.29) is 12.3 Å². The van der Waals surface area contributed by atoms with Crippen LogP contribution in [0.4, 0.5) is 4.79 Å². The van der Waals surface area contributed by atoms with Crippen LogP contribution in [-0.4, -0.2) is 23.9 Å². The van der Waals surface area contributed by atoms with Crippen molar-refractivity contribution < 1.29 is 9.53 Å². The number of alkyl carbamates (subject to hydrolysis) is 1. The van der Waals surface area contributed by atoms with Crippen molar-refractivity contribution >= 4 is 6.09 Å². The molecule has 1 fully saturated rings. The molecule has 3 N–H and O–H groups in total. The molecule has 5 nitrogen and oxygen atoms in total. The maximum atomic E-state index is 11.5. The van der Waals surface area contributed by atoms with E-state index < -0.39 is 5.60 Å². The topological polar surface area (TPSA) is 62.4 Å². The van der Waals surface area contributed by atoms with Crippen LogP contribution < -0.4 is 16.2 Å². The van der Waals surface area contributed by atoms with Crippen LogP contribution in [0.2, 0.25) is 0 Å². The predicted molar refractivity (Wildman–Crippen MR) is 58.1 cm³/mol. The Morgan fingerprint density at radius 3 is 2.27 bits per heavy atom. The highest BCUT2D eigenvalue weighted by atomic mass is 16.6. The average molecular weight is 215 g/mol. The zero-order valence-corrected chi connectivity index (χ0v) is 10.0. The quantitative estimate of drug-likeness (QED) is 0.610. The summed E-state index contributed by atoms with van der Waals surface area (Å²) in [6.45, 7) is 9.67. The maximum Gasteiger partial charge on any atom is 0.408 e. The third-order valence-electron chi connectivity index (χ3n) is 2.45. The minimum atomic E-state index is -0.453. The largest absolute Gasteiger partial charge is 0.444 e. The van der Waals surface area contributed by atoms with Crippen LogP contribution in [0.15, 0.2) is 0 Å². The number of hydrogen-bond donors (Lipinski definition) is 3. The highest BCUT2D eigenvalue weighted by Crippen LogP contribution is 2.12. The van der Waals surface area contributed by atoms with E-state index in [1.54, 1.807) is 0 Å². The van der Waals surface area contributed by atoms with Crippen molar-refractivity contribution in [2.45, 2.75) is 52.4 Å². The summed E-state index contributed by atoms with van der Waals surface area (Å²) >= 11 is 0. The first-order valence-electron chi connectivity index (χ1n) is 5.30. The summed E-state index contributed by atoms with van der Waals surface area (Å²) in [5, 5.41) is 2.78. The first-order valence-corrected chi connectivity index (χ1v) is 5.30. The molecule has 0 aromatic rings. The molecule has 3 unspecified atom stereocenters. The van der Waals surface area contributed by atoms with Crippen LogP contribution in [0.3, 0.4) is 0 Å². The fourth-order valence-corrected chi connectivity index (χ4v) is 1.37. The third-order valence-corrected chi connectivity index (χ3v) is 2.45. The number of hydrogen-bond acceptors (Lipinski definition) is 4. The molecule has 5 heteroatoms. The van der Waals surface area contributed by atoms with E-state index >= 15 is 0 Å². The standard InChI is InChI=1S/C10H21N3O2/c1-6-7(2)12-13-8(6)11-9(14)15-10(3,4)5/h6-8,12-13H,1-5H3,(H,11,14). The summed E-state index contributed by atoms with van der Waals surface area (Å²) in [7, 11) is 0. The van der Waals surface area contributed by atoms with Crippen molar-refractivity contribution in [1.29, 1.82) is 0 Å². The number of carbonyl (C=O) groups is 1. The molecule has 0 bridgehead atoms. The van der Waals surface area contributed by atoms with E-state index in [0.717, 1.165) is 0 Å². The van der Waals surface area contributed by atoms with Crippen molar-refractivity contribution in [2.75, 3.05) is 0 Å². The molecule has 0 aliphatic carbocycles. The molecule has 0 spiro atoms. The van der Waals surface area contributed by atoms with Gasteiger partial charge in [-0.3, -0.25) is 5.43 Å². The van der Waals surface area contributed by atoms with E-state index in [0.29, 0.717) is 12.0 Å². The van der Waals surface area contributed by atoms with E-state index in [9.17, 15) is 4.79 Å². The predicted octanol–water partition coefficient (Wildman–Crippen LogP) is 0.970. The van der Waals surface area contributed by atoms with Crippen molar-refractivity contribution in [3.8, 4) is 0 Å². The first-order chi connectivity index (χ1) is 6.79. The second kappa shape index (κ2) is 4.37. The van der Waals surface area contributed by atoms with Crippen molar-refractivity contribution in [2.24, 2.45) is 5.92 Å². The molecule has 3 atom stereocenters. The monoisotopic (exact) mass is 215 g/mol. The molecule has 1 amide bonds. The molecular weight excluding hydrogens is 194 g/mol. The number of hydrazine groups is 1. The lowest BCUT2D eigenvalue weighted by atomic mass is 10.0. The SMILES string of the molecule is CC1NNC(NC(=O)OC(C)(C)C)C1C. The highest BCUT2D eigenvalue weighted by Gasteiger charge is 2.31. The van der Waals surface area contributed by atoms with E-state index in [1.165, 1.54) is 0 Å². The fraction of sp³-hybridized carbons (Fsp3) is 0.900. The lowest BCUT2D eigenvalue weighted by Crippen LogP contribution is -2.48. The lowest BCUT2D eigenvalue weighted by Gasteiger charge is -2.23. The van der Waals surface area contributed by atoms with E-state index in [4.69, 9.17) is 4.74 Å². The minimum absolute atomic E-state index is 0.0742. The molecule has 1 aliphatic heterocycles. The Morgan fingerprint density at radius 2 is 1.87 bits per heavy atom. The Bertz CT molecular complexity index is 237. The fourth-order valence-electron chi connectivity index (χ4n) is 1.37. The third kappa shape index (κ3) is 3.68. The van der Waals surface area contributed by atoms with Gasteiger partial charge >= 0.3 is 6.09 Å². The van der Waals surface area contributed by atoms with Gasteiger partial charge in [-0.05, 0) is 27.7 Å².